The molecule has 0 radical (unpaired) electrons. The summed E-state index contributed by atoms with van der Waals surface area (Å²) in [5.41, 5.74) is 2.14. The highest BCUT2D eigenvalue weighted by Gasteiger charge is 2.33. The fourth-order valence-corrected chi connectivity index (χ4v) is 4.29. The molecule has 0 aliphatic carbocycles. The lowest BCUT2D eigenvalue weighted by molar-refractivity contribution is -0.136. The topological polar surface area (TPSA) is 74.6 Å². The zero-order valence-corrected chi connectivity index (χ0v) is 19.7. The van der Waals surface area contributed by atoms with Crippen molar-refractivity contribution >= 4 is 17.7 Å². The van der Waals surface area contributed by atoms with Crippen LogP contribution < -0.4 is 4.74 Å². The van der Waals surface area contributed by atoms with E-state index in [-0.39, 0.29) is 29.6 Å². The fraction of sp³-hybridized carbons (Fsp3) is 0.233. The Morgan fingerprint density at radius 1 is 0.944 bits per heavy atom. The van der Waals surface area contributed by atoms with E-state index in [1.807, 2.05) is 22.8 Å². The maximum Gasteiger partial charge on any atom is 0.338 e. The lowest BCUT2D eigenvalue weighted by Gasteiger charge is -2.13. The fourth-order valence-electron chi connectivity index (χ4n) is 4.29. The van der Waals surface area contributed by atoms with Gasteiger partial charge in [-0.05, 0) is 36.8 Å². The van der Waals surface area contributed by atoms with Gasteiger partial charge in [0, 0.05) is 36.6 Å². The molecule has 2 aromatic carbocycles. The summed E-state index contributed by atoms with van der Waals surface area (Å²) in [5.74, 6) is 3.60. The third-order valence-electron chi connectivity index (χ3n) is 6.12. The Hall–Kier alpha value is -4.55. The summed E-state index contributed by atoms with van der Waals surface area (Å²) >= 11 is 0. The standard InChI is InChI=1S/C30H25NO5/c1-3-9-21(10-4-2)20-35-29(33)23-13-8-14-24(19-23)36-30(34)25-17-18-31-26(25)15-16-27(31)28(32)22-11-6-5-7-12-22/h1-2,5-8,11-16,19,21,25H,9-10,17-18,20H2. The van der Waals surface area contributed by atoms with Crippen molar-refractivity contribution in [2.24, 2.45) is 5.92 Å². The Labute approximate surface area is 210 Å². The van der Waals surface area contributed by atoms with Crippen LogP contribution in [0.25, 0.3) is 0 Å². The van der Waals surface area contributed by atoms with Crippen LogP contribution in [0.1, 0.15) is 57.3 Å². The van der Waals surface area contributed by atoms with Gasteiger partial charge in [0.15, 0.2) is 0 Å². The van der Waals surface area contributed by atoms with Gasteiger partial charge in [0.2, 0.25) is 5.78 Å². The van der Waals surface area contributed by atoms with E-state index in [0.717, 1.165) is 5.69 Å². The van der Waals surface area contributed by atoms with Crippen molar-refractivity contribution in [3.8, 4) is 30.4 Å². The van der Waals surface area contributed by atoms with Crippen molar-refractivity contribution in [3.63, 3.8) is 0 Å². The van der Waals surface area contributed by atoms with E-state index in [9.17, 15) is 14.4 Å². The largest absolute Gasteiger partial charge is 0.462 e. The summed E-state index contributed by atoms with van der Waals surface area (Å²) in [7, 11) is 0. The molecule has 0 fully saturated rings. The van der Waals surface area contributed by atoms with Gasteiger partial charge in [0.25, 0.3) is 0 Å². The second-order valence-electron chi connectivity index (χ2n) is 8.56. The van der Waals surface area contributed by atoms with Gasteiger partial charge in [-0.25, -0.2) is 4.79 Å². The number of hydrogen-bond acceptors (Lipinski definition) is 5. The maximum absolute atomic E-state index is 13.0. The molecule has 1 unspecified atom stereocenters. The molecule has 1 aromatic heterocycles. The van der Waals surface area contributed by atoms with Crippen LogP contribution in [0.2, 0.25) is 0 Å². The summed E-state index contributed by atoms with van der Waals surface area (Å²) < 4.78 is 12.8. The van der Waals surface area contributed by atoms with Crippen molar-refractivity contribution in [2.45, 2.75) is 31.7 Å². The molecule has 1 atom stereocenters. The van der Waals surface area contributed by atoms with Crippen LogP contribution in [0, 0.1) is 30.6 Å². The van der Waals surface area contributed by atoms with Gasteiger partial charge < -0.3 is 14.0 Å². The number of carbonyl (C=O) groups excluding carboxylic acids is 3. The number of fused-ring (bicyclic) bond motifs is 1. The number of terminal acetylenes is 2. The van der Waals surface area contributed by atoms with Gasteiger partial charge in [-0.2, -0.15) is 0 Å². The zero-order valence-electron chi connectivity index (χ0n) is 19.7. The van der Waals surface area contributed by atoms with E-state index < -0.39 is 17.9 Å². The van der Waals surface area contributed by atoms with Gasteiger partial charge in [-0.15, -0.1) is 24.7 Å². The molecule has 36 heavy (non-hydrogen) atoms. The molecule has 0 amide bonds. The molecule has 6 nitrogen and oxygen atoms in total. The highest BCUT2D eigenvalue weighted by molar-refractivity contribution is 6.08. The molecule has 0 bridgehead atoms. The molecule has 0 spiro atoms. The number of ketones is 1. The maximum atomic E-state index is 13.0. The first-order valence-electron chi connectivity index (χ1n) is 11.7. The van der Waals surface area contributed by atoms with Gasteiger partial charge in [-0.3, -0.25) is 9.59 Å². The molecular weight excluding hydrogens is 454 g/mol. The van der Waals surface area contributed by atoms with E-state index >= 15 is 0 Å². The lowest BCUT2D eigenvalue weighted by atomic mass is 10.0. The Balaban J connectivity index is 1.41. The zero-order chi connectivity index (χ0) is 25.5. The van der Waals surface area contributed by atoms with E-state index in [1.165, 1.54) is 6.07 Å². The molecule has 1 aliphatic rings. The number of carbonyl (C=O) groups is 3. The highest BCUT2D eigenvalue weighted by atomic mass is 16.5. The first kappa shape index (κ1) is 24.6. The number of benzene rings is 2. The van der Waals surface area contributed by atoms with E-state index in [4.69, 9.17) is 22.3 Å². The van der Waals surface area contributed by atoms with E-state index in [0.29, 0.717) is 37.1 Å². The minimum Gasteiger partial charge on any atom is -0.462 e. The number of ether oxygens (including phenoxy) is 2. The van der Waals surface area contributed by atoms with Crippen LogP contribution in [0.5, 0.6) is 5.75 Å². The third-order valence-corrected chi connectivity index (χ3v) is 6.12. The van der Waals surface area contributed by atoms with Crippen LogP contribution in [-0.2, 0) is 16.1 Å². The van der Waals surface area contributed by atoms with Gasteiger partial charge >= 0.3 is 11.9 Å². The van der Waals surface area contributed by atoms with E-state index in [2.05, 4.69) is 11.8 Å². The second kappa shape index (κ2) is 11.3. The monoisotopic (exact) mass is 479 g/mol. The lowest BCUT2D eigenvalue weighted by Crippen LogP contribution is -2.17. The Bertz CT molecular complexity index is 1340. The molecule has 4 rings (SSSR count). The number of aromatic nitrogens is 1. The Morgan fingerprint density at radius 3 is 2.39 bits per heavy atom. The molecule has 1 aliphatic heterocycles. The first-order chi connectivity index (χ1) is 17.5. The Kier molecular flexibility index (Phi) is 7.68. The highest BCUT2D eigenvalue weighted by Crippen LogP contribution is 2.33. The van der Waals surface area contributed by atoms with Crippen molar-refractivity contribution in [1.82, 2.24) is 4.57 Å². The molecular formula is C30H25NO5. The van der Waals surface area contributed by atoms with Crippen molar-refractivity contribution < 1.29 is 23.9 Å². The predicted molar refractivity (Wildman–Crippen MR) is 134 cm³/mol. The van der Waals surface area contributed by atoms with Crippen LogP contribution in [-0.4, -0.2) is 28.9 Å². The predicted octanol–water partition coefficient (Wildman–Crippen LogP) is 4.63. The summed E-state index contributed by atoms with van der Waals surface area (Å²) in [5, 5.41) is 0. The summed E-state index contributed by atoms with van der Waals surface area (Å²) in [6, 6.07) is 18.8. The minimum absolute atomic E-state index is 0.0891. The normalized spacial score (nSPS) is 13.9. The van der Waals surface area contributed by atoms with Crippen molar-refractivity contribution in [2.75, 3.05) is 6.61 Å². The number of hydrogen-bond donors (Lipinski definition) is 0. The molecule has 0 saturated carbocycles. The summed E-state index contributed by atoms with van der Waals surface area (Å²) in [6.07, 6.45) is 12.0. The summed E-state index contributed by atoms with van der Waals surface area (Å²) in [4.78, 5) is 38.4. The molecule has 2 heterocycles. The number of esters is 2. The molecule has 0 N–H and O–H groups in total. The van der Waals surface area contributed by atoms with Crippen molar-refractivity contribution in [1.29, 1.82) is 0 Å². The third kappa shape index (κ3) is 5.40. The minimum atomic E-state index is -0.550. The van der Waals surface area contributed by atoms with E-state index in [1.54, 1.807) is 42.5 Å². The second-order valence-corrected chi connectivity index (χ2v) is 8.56. The SMILES string of the molecule is C#CCC(CC#C)COC(=O)c1cccc(OC(=O)C2CCn3c(C(=O)c4ccccc4)ccc32)c1. The molecule has 6 heteroatoms. The summed E-state index contributed by atoms with van der Waals surface area (Å²) in [6.45, 7) is 0.652. The van der Waals surface area contributed by atoms with Gasteiger partial charge in [0.1, 0.15) is 5.75 Å². The van der Waals surface area contributed by atoms with Crippen LogP contribution in [0.3, 0.4) is 0 Å². The number of rotatable bonds is 9. The van der Waals surface area contributed by atoms with Crippen LogP contribution in [0.4, 0.5) is 0 Å². The smallest absolute Gasteiger partial charge is 0.338 e. The average Bonchev–Trinajstić information content (AvgIpc) is 3.50. The first-order valence-corrected chi connectivity index (χ1v) is 11.7. The van der Waals surface area contributed by atoms with Crippen LogP contribution in [0.15, 0.2) is 66.7 Å². The van der Waals surface area contributed by atoms with Gasteiger partial charge in [-0.1, -0.05) is 36.4 Å². The van der Waals surface area contributed by atoms with Gasteiger partial charge in [0.05, 0.1) is 23.8 Å². The average molecular weight is 480 g/mol. The molecule has 3 aromatic rings. The Morgan fingerprint density at radius 2 is 1.67 bits per heavy atom. The van der Waals surface area contributed by atoms with Crippen molar-refractivity contribution in [3.05, 3.63) is 89.2 Å². The molecule has 180 valence electrons. The molecule has 0 saturated heterocycles. The van der Waals surface area contributed by atoms with Crippen LogP contribution >= 0.6 is 0 Å². The number of nitrogens with zero attached hydrogens (tertiary/aromatic N) is 1. The quantitative estimate of drug-likeness (QED) is 0.194.